The zero-order chi connectivity index (χ0) is 10.7. The molecule has 0 fully saturated rings. The zero-order valence-electron chi connectivity index (χ0n) is 8.05. The molecule has 0 amide bonds. The number of aliphatic hydroxyl groups excluding tert-OH is 1. The Morgan fingerprint density at radius 3 is 2.57 bits per heavy atom. The molecule has 0 radical (unpaired) electrons. The van der Waals surface area contributed by atoms with Crippen molar-refractivity contribution in [3.8, 4) is 5.75 Å². The van der Waals surface area contributed by atoms with E-state index in [1.54, 1.807) is 19.1 Å². The van der Waals surface area contributed by atoms with Crippen LogP contribution in [-0.4, -0.2) is 17.8 Å². The average molecular weight is 235 g/mol. The molecule has 1 aromatic carbocycles. The van der Waals surface area contributed by atoms with Crippen molar-refractivity contribution in [2.24, 2.45) is 0 Å². The van der Waals surface area contributed by atoms with E-state index in [1.807, 2.05) is 6.92 Å². The summed E-state index contributed by atoms with van der Waals surface area (Å²) >= 11 is 11.8. The summed E-state index contributed by atoms with van der Waals surface area (Å²) in [5.74, 6) is 0.624. The van der Waals surface area contributed by atoms with Crippen molar-refractivity contribution >= 4 is 23.2 Å². The van der Waals surface area contributed by atoms with Crippen LogP contribution in [0.3, 0.4) is 0 Å². The highest BCUT2D eigenvalue weighted by molar-refractivity contribution is 6.42. The summed E-state index contributed by atoms with van der Waals surface area (Å²) in [7, 11) is 0. The van der Waals surface area contributed by atoms with E-state index < -0.39 is 0 Å². The van der Waals surface area contributed by atoms with Crippen LogP contribution in [0, 0.1) is 6.92 Å². The molecule has 0 aromatic heterocycles. The van der Waals surface area contributed by atoms with Gasteiger partial charge in [0.1, 0.15) is 11.9 Å². The van der Waals surface area contributed by atoms with Gasteiger partial charge in [0.2, 0.25) is 0 Å². The molecule has 2 nitrogen and oxygen atoms in total. The number of halogens is 2. The van der Waals surface area contributed by atoms with E-state index in [4.69, 9.17) is 33.0 Å². The van der Waals surface area contributed by atoms with Crippen LogP contribution in [0.25, 0.3) is 0 Å². The first-order valence-corrected chi connectivity index (χ1v) is 5.03. The maximum absolute atomic E-state index is 8.81. The van der Waals surface area contributed by atoms with Gasteiger partial charge in [0.25, 0.3) is 0 Å². The summed E-state index contributed by atoms with van der Waals surface area (Å²) in [6.45, 7) is 3.60. The molecule has 0 aliphatic heterocycles. The quantitative estimate of drug-likeness (QED) is 0.872. The number of aryl methyl sites for hydroxylation is 1. The predicted octanol–water partition coefficient (Wildman–Crippen LogP) is 3.06. The summed E-state index contributed by atoms with van der Waals surface area (Å²) in [6, 6.07) is 3.43. The molecule has 1 rings (SSSR count). The fourth-order valence-electron chi connectivity index (χ4n) is 1.03. The van der Waals surface area contributed by atoms with Crippen LogP contribution < -0.4 is 4.74 Å². The van der Waals surface area contributed by atoms with E-state index >= 15 is 0 Å². The standard InChI is InChI=1S/C10H12Cl2O2/c1-6-3-8(14-7(2)5-13)4-9(11)10(6)12/h3-4,7,13H,5H2,1-2H3. The van der Waals surface area contributed by atoms with Gasteiger partial charge in [-0.3, -0.25) is 0 Å². The lowest BCUT2D eigenvalue weighted by Gasteiger charge is -2.13. The number of ether oxygens (including phenoxy) is 1. The number of rotatable bonds is 3. The molecule has 0 heterocycles. The Morgan fingerprint density at radius 2 is 2.07 bits per heavy atom. The Balaban J connectivity index is 2.89. The van der Waals surface area contributed by atoms with E-state index in [-0.39, 0.29) is 12.7 Å². The predicted molar refractivity (Wildman–Crippen MR) is 58.4 cm³/mol. The van der Waals surface area contributed by atoms with Crippen molar-refractivity contribution in [2.75, 3.05) is 6.61 Å². The fourth-order valence-corrected chi connectivity index (χ4v) is 1.40. The van der Waals surface area contributed by atoms with Crippen LogP contribution in [0.15, 0.2) is 12.1 Å². The highest BCUT2D eigenvalue weighted by Gasteiger charge is 2.07. The van der Waals surface area contributed by atoms with Gasteiger partial charge in [0, 0.05) is 6.07 Å². The highest BCUT2D eigenvalue weighted by atomic mass is 35.5. The lowest BCUT2D eigenvalue weighted by molar-refractivity contribution is 0.129. The van der Waals surface area contributed by atoms with Gasteiger partial charge in [0.05, 0.1) is 16.7 Å². The third-order valence-corrected chi connectivity index (χ3v) is 2.67. The number of hydrogen-bond donors (Lipinski definition) is 1. The first-order valence-electron chi connectivity index (χ1n) is 4.27. The number of hydrogen-bond acceptors (Lipinski definition) is 2. The van der Waals surface area contributed by atoms with Gasteiger partial charge >= 0.3 is 0 Å². The zero-order valence-corrected chi connectivity index (χ0v) is 9.56. The minimum Gasteiger partial charge on any atom is -0.488 e. The third-order valence-electron chi connectivity index (χ3n) is 1.78. The van der Waals surface area contributed by atoms with Gasteiger partial charge in [-0.05, 0) is 25.5 Å². The number of aliphatic hydroxyl groups is 1. The van der Waals surface area contributed by atoms with Gasteiger partial charge in [0.15, 0.2) is 0 Å². The lowest BCUT2D eigenvalue weighted by atomic mass is 10.2. The van der Waals surface area contributed by atoms with E-state index in [0.29, 0.717) is 15.8 Å². The Hall–Kier alpha value is -0.440. The molecule has 0 bridgehead atoms. The molecule has 1 N–H and O–H groups in total. The largest absolute Gasteiger partial charge is 0.488 e. The van der Waals surface area contributed by atoms with Crippen LogP contribution in [0.4, 0.5) is 0 Å². The van der Waals surface area contributed by atoms with E-state index in [9.17, 15) is 0 Å². The minimum atomic E-state index is -0.244. The van der Waals surface area contributed by atoms with Crippen LogP contribution in [0.1, 0.15) is 12.5 Å². The summed E-state index contributed by atoms with van der Waals surface area (Å²) in [5.41, 5.74) is 0.860. The van der Waals surface area contributed by atoms with Crippen molar-refractivity contribution in [1.29, 1.82) is 0 Å². The van der Waals surface area contributed by atoms with Gasteiger partial charge in [-0.2, -0.15) is 0 Å². The lowest BCUT2D eigenvalue weighted by Crippen LogP contribution is -2.16. The summed E-state index contributed by atoms with van der Waals surface area (Å²) in [6.07, 6.45) is -0.244. The first-order chi connectivity index (χ1) is 6.54. The minimum absolute atomic E-state index is 0.0285. The van der Waals surface area contributed by atoms with Gasteiger partial charge in [-0.25, -0.2) is 0 Å². The van der Waals surface area contributed by atoms with Crippen molar-refractivity contribution in [2.45, 2.75) is 20.0 Å². The molecule has 4 heteroatoms. The van der Waals surface area contributed by atoms with Crippen LogP contribution in [-0.2, 0) is 0 Å². The maximum Gasteiger partial charge on any atom is 0.121 e. The molecular formula is C10H12Cl2O2. The normalized spacial score (nSPS) is 12.6. The van der Waals surface area contributed by atoms with Crippen molar-refractivity contribution in [3.63, 3.8) is 0 Å². The Labute approximate surface area is 93.4 Å². The second-order valence-corrected chi connectivity index (χ2v) is 3.93. The summed E-state index contributed by atoms with van der Waals surface area (Å²) in [4.78, 5) is 0. The third kappa shape index (κ3) is 2.77. The molecule has 14 heavy (non-hydrogen) atoms. The van der Waals surface area contributed by atoms with Crippen LogP contribution in [0.2, 0.25) is 10.0 Å². The number of benzene rings is 1. The summed E-state index contributed by atoms with van der Waals surface area (Å²) in [5, 5.41) is 9.81. The van der Waals surface area contributed by atoms with Crippen LogP contribution >= 0.6 is 23.2 Å². The SMILES string of the molecule is Cc1cc(OC(C)CO)cc(Cl)c1Cl. The monoisotopic (exact) mass is 234 g/mol. The van der Waals surface area contributed by atoms with Crippen molar-refractivity contribution < 1.29 is 9.84 Å². The molecule has 0 aliphatic carbocycles. The molecule has 0 saturated carbocycles. The second kappa shape index (κ2) is 4.87. The van der Waals surface area contributed by atoms with E-state index in [1.165, 1.54) is 0 Å². The molecular weight excluding hydrogens is 223 g/mol. The average Bonchev–Trinajstić information content (AvgIpc) is 2.14. The summed E-state index contributed by atoms with van der Waals surface area (Å²) < 4.78 is 5.39. The van der Waals surface area contributed by atoms with Gasteiger partial charge < -0.3 is 9.84 Å². The fraction of sp³-hybridized carbons (Fsp3) is 0.400. The molecule has 78 valence electrons. The Kier molecular flexibility index (Phi) is 4.05. The maximum atomic E-state index is 8.81. The highest BCUT2D eigenvalue weighted by Crippen LogP contribution is 2.30. The smallest absolute Gasteiger partial charge is 0.121 e. The Morgan fingerprint density at radius 1 is 1.43 bits per heavy atom. The van der Waals surface area contributed by atoms with E-state index in [2.05, 4.69) is 0 Å². The Bertz CT molecular complexity index is 303. The topological polar surface area (TPSA) is 29.5 Å². The van der Waals surface area contributed by atoms with Gasteiger partial charge in [-0.1, -0.05) is 23.2 Å². The second-order valence-electron chi connectivity index (χ2n) is 3.15. The molecule has 0 spiro atoms. The molecule has 1 aromatic rings. The molecule has 1 unspecified atom stereocenters. The van der Waals surface area contributed by atoms with Crippen molar-refractivity contribution in [1.82, 2.24) is 0 Å². The molecule has 0 saturated heterocycles. The molecule has 0 aliphatic rings. The van der Waals surface area contributed by atoms with E-state index in [0.717, 1.165) is 5.56 Å². The molecule has 1 atom stereocenters. The van der Waals surface area contributed by atoms with Crippen LogP contribution in [0.5, 0.6) is 5.75 Å². The van der Waals surface area contributed by atoms with Crippen molar-refractivity contribution in [3.05, 3.63) is 27.7 Å². The first kappa shape index (κ1) is 11.6. The van der Waals surface area contributed by atoms with Gasteiger partial charge in [-0.15, -0.1) is 0 Å².